The van der Waals surface area contributed by atoms with Crippen LogP contribution in [0.2, 0.25) is 5.02 Å². The molecule has 0 heterocycles. The molecule has 1 amide bonds. The maximum absolute atomic E-state index is 11.7. The van der Waals surface area contributed by atoms with Crippen molar-refractivity contribution in [1.29, 1.82) is 0 Å². The van der Waals surface area contributed by atoms with Crippen LogP contribution in [0.4, 0.5) is 0 Å². The lowest BCUT2D eigenvalue weighted by atomic mass is 10.3. The lowest BCUT2D eigenvalue weighted by Crippen LogP contribution is -2.33. The first-order chi connectivity index (χ1) is 8.08. The fourth-order valence-corrected chi connectivity index (χ4v) is 2.01. The largest absolute Gasteiger partial charge is 0.482 e. The third-order valence-electron chi connectivity index (χ3n) is 2.73. The number of likely N-dealkylation sites (N-methyl/N-ethyl adjacent to an activating group) is 1. The van der Waals surface area contributed by atoms with E-state index < -0.39 is 0 Å². The van der Waals surface area contributed by atoms with Gasteiger partial charge in [-0.15, -0.1) is 0 Å². The van der Waals surface area contributed by atoms with Gasteiger partial charge in [0, 0.05) is 17.6 Å². The van der Waals surface area contributed by atoms with E-state index in [0.717, 1.165) is 17.3 Å². The summed E-state index contributed by atoms with van der Waals surface area (Å²) < 4.78 is 6.30. The number of ether oxygens (including phenoxy) is 1. The molecule has 5 heteroatoms. The van der Waals surface area contributed by atoms with E-state index in [0.29, 0.717) is 16.8 Å². The standard InChI is InChI=1S/C12H13BrClNO2/c1-15(9-3-4-9)12(16)7-17-11-6-8(13)2-5-10(11)14/h2,5-6,9H,3-4,7H2,1H3. The van der Waals surface area contributed by atoms with E-state index in [4.69, 9.17) is 16.3 Å². The average molecular weight is 319 g/mol. The molecule has 0 bridgehead atoms. The molecule has 0 aliphatic heterocycles. The molecular weight excluding hydrogens is 305 g/mol. The number of hydrogen-bond donors (Lipinski definition) is 0. The van der Waals surface area contributed by atoms with Crippen LogP contribution in [0, 0.1) is 0 Å². The van der Waals surface area contributed by atoms with E-state index >= 15 is 0 Å². The van der Waals surface area contributed by atoms with Crippen molar-refractivity contribution < 1.29 is 9.53 Å². The number of carbonyl (C=O) groups excluding carboxylic acids is 1. The summed E-state index contributed by atoms with van der Waals surface area (Å²) in [5, 5.41) is 0.509. The zero-order valence-corrected chi connectivity index (χ0v) is 11.8. The lowest BCUT2D eigenvalue weighted by Gasteiger charge is -2.16. The predicted molar refractivity (Wildman–Crippen MR) is 70.4 cm³/mol. The Kier molecular flexibility index (Phi) is 3.94. The summed E-state index contributed by atoms with van der Waals surface area (Å²) in [5.41, 5.74) is 0. The van der Waals surface area contributed by atoms with Gasteiger partial charge in [0.05, 0.1) is 5.02 Å². The first kappa shape index (κ1) is 12.7. The second-order valence-corrected chi connectivity index (χ2v) is 5.42. The molecule has 0 radical (unpaired) electrons. The SMILES string of the molecule is CN(C(=O)COc1cc(Br)ccc1Cl)C1CC1. The van der Waals surface area contributed by atoms with Gasteiger partial charge in [-0.05, 0) is 31.0 Å². The Labute approximate surface area is 114 Å². The number of benzene rings is 1. The fraction of sp³-hybridized carbons (Fsp3) is 0.417. The molecule has 0 unspecified atom stereocenters. The van der Waals surface area contributed by atoms with Gasteiger partial charge in [0.15, 0.2) is 6.61 Å². The van der Waals surface area contributed by atoms with Gasteiger partial charge in [-0.2, -0.15) is 0 Å². The van der Waals surface area contributed by atoms with Gasteiger partial charge >= 0.3 is 0 Å². The highest BCUT2D eigenvalue weighted by Gasteiger charge is 2.29. The number of nitrogens with zero attached hydrogens (tertiary/aromatic N) is 1. The molecule has 1 aliphatic carbocycles. The van der Waals surface area contributed by atoms with E-state index in [1.165, 1.54) is 0 Å². The number of halogens is 2. The molecule has 17 heavy (non-hydrogen) atoms. The molecule has 0 atom stereocenters. The van der Waals surface area contributed by atoms with Crippen LogP contribution >= 0.6 is 27.5 Å². The number of rotatable bonds is 4. The van der Waals surface area contributed by atoms with Crippen molar-refractivity contribution in [2.24, 2.45) is 0 Å². The second-order valence-electron chi connectivity index (χ2n) is 4.10. The van der Waals surface area contributed by atoms with Crippen molar-refractivity contribution in [1.82, 2.24) is 4.90 Å². The molecule has 0 spiro atoms. The van der Waals surface area contributed by atoms with Crippen molar-refractivity contribution in [3.05, 3.63) is 27.7 Å². The number of hydrogen-bond acceptors (Lipinski definition) is 2. The highest BCUT2D eigenvalue weighted by atomic mass is 79.9. The van der Waals surface area contributed by atoms with Crippen molar-refractivity contribution in [3.63, 3.8) is 0 Å². The van der Waals surface area contributed by atoms with E-state index in [-0.39, 0.29) is 12.5 Å². The van der Waals surface area contributed by atoms with Gasteiger partial charge < -0.3 is 9.64 Å². The Morgan fingerprint density at radius 1 is 1.59 bits per heavy atom. The Morgan fingerprint density at radius 3 is 2.94 bits per heavy atom. The minimum absolute atomic E-state index is 0.0106. The Balaban J connectivity index is 1.92. The molecular formula is C12H13BrClNO2. The van der Waals surface area contributed by atoms with Crippen molar-refractivity contribution in [3.8, 4) is 5.75 Å². The van der Waals surface area contributed by atoms with Gasteiger partial charge in [0.1, 0.15) is 5.75 Å². The Hall–Kier alpha value is -0.740. The number of amides is 1. The third-order valence-corrected chi connectivity index (χ3v) is 3.54. The molecule has 1 aromatic carbocycles. The van der Waals surface area contributed by atoms with Crippen LogP contribution in [0.1, 0.15) is 12.8 Å². The van der Waals surface area contributed by atoms with Crippen molar-refractivity contribution >= 4 is 33.4 Å². The van der Waals surface area contributed by atoms with Gasteiger partial charge in [-0.1, -0.05) is 27.5 Å². The van der Waals surface area contributed by atoms with Gasteiger partial charge in [-0.3, -0.25) is 4.79 Å². The highest BCUT2D eigenvalue weighted by molar-refractivity contribution is 9.10. The zero-order chi connectivity index (χ0) is 12.4. The molecule has 1 aromatic rings. The molecule has 3 nitrogen and oxygen atoms in total. The van der Waals surface area contributed by atoms with E-state index in [1.807, 2.05) is 13.1 Å². The number of carbonyl (C=O) groups is 1. The molecule has 1 saturated carbocycles. The van der Waals surface area contributed by atoms with E-state index in [2.05, 4.69) is 15.9 Å². The van der Waals surface area contributed by atoms with Crippen LogP contribution < -0.4 is 4.74 Å². The molecule has 2 rings (SSSR count). The normalized spacial score (nSPS) is 14.5. The van der Waals surface area contributed by atoms with Crippen LogP contribution in [-0.2, 0) is 4.79 Å². The van der Waals surface area contributed by atoms with Gasteiger partial charge in [0.25, 0.3) is 5.91 Å². The smallest absolute Gasteiger partial charge is 0.260 e. The minimum atomic E-state index is -0.0106. The van der Waals surface area contributed by atoms with Crippen LogP contribution in [0.5, 0.6) is 5.75 Å². The summed E-state index contributed by atoms with van der Waals surface area (Å²) in [4.78, 5) is 13.5. The minimum Gasteiger partial charge on any atom is -0.482 e. The summed E-state index contributed by atoms with van der Waals surface area (Å²) in [6.45, 7) is 0.0309. The average Bonchev–Trinajstić information content (AvgIpc) is 3.13. The van der Waals surface area contributed by atoms with Crippen molar-refractivity contribution in [2.75, 3.05) is 13.7 Å². The first-order valence-electron chi connectivity index (χ1n) is 5.41. The zero-order valence-electron chi connectivity index (χ0n) is 9.45. The maximum atomic E-state index is 11.7. The summed E-state index contributed by atoms with van der Waals surface area (Å²) in [5.74, 6) is 0.516. The van der Waals surface area contributed by atoms with Gasteiger partial charge in [0.2, 0.25) is 0 Å². The van der Waals surface area contributed by atoms with Crippen LogP contribution in [0.15, 0.2) is 22.7 Å². The summed E-state index contributed by atoms with van der Waals surface area (Å²) >= 11 is 9.29. The molecule has 92 valence electrons. The predicted octanol–water partition coefficient (Wildman–Crippen LogP) is 3.10. The van der Waals surface area contributed by atoms with Crippen molar-refractivity contribution in [2.45, 2.75) is 18.9 Å². The summed E-state index contributed by atoms with van der Waals surface area (Å²) in [7, 11) is 1.81. The lowest BCUT2D eigenvalue weighted by molar-refractivity contribution is -0.132. The molecule has 1 aliphatic rings. The summed E-state index contributed by atoms with van der Waals surface area (Å²) in [6.07, 6.45) is 2.19. The molecule has 1 fully saturated rings. The van der Waals surface area contributed by atoms with E-state index in [1.54, 1.807) is 17.0 Å². The van der Waals surface area contributed by atoms with Crippen LogP contribution in [-0.4, -0.2) is 30.5 Å². The maximum Gasteiger partial charge on any atom is 0.260 e. The van der Waals surface area contributed by atoms with E-state index in [9.17, 15) is 4.79 Å². The molecule has 0 aromatic heterocycles. The molecule has 0 N–H and O–H groups in total. The Bertz CT molecular complexity index is 435. The molecule has 0 saturated heterocycles. The van der Waals surface area contributed by atoms with Crippen LogP contribution in [0.25, 0.3) is 0 Å². The Morgan fingerprint density at radius 2 is 2.29 bits per heavy atom. The third kappa shape index (κ3) is 3.36. The highest BCUT2D eigenvalue weighted by Crippen LogP contribution is 2.28. The first-order valence-corrected chi connectivity index (χ1v) is 6.58. The topological polar surface area (TPSA) is 29.5 Å². The van der Waals surface area contributed by atoms with Gasteiger partial charge in [-0.25, -0.2) is 0 Å². The monoisotopic (exact) mass is 317 g/mol. The fourth-order valence-electron chi connectivity index (χ4n) is 1.49. The quantitative estimate of drug-likeness (QED) is 0.854. The second kappa shape index (κ2) is 5.27. The summed E-state index contributed by atoms with van der Waals surface area (Å²) in [6, 6.07) is 5.72. The van der Waals surface area contributed by atoms with Crippen LogP contribution in [0.3, 0.4) is 0 Å².